The lowest BCUT2D eigenvalue weighted by Crippen LogP contribution is -2.46. The Balaban J connectivity index is 1.53. The molecule has 2 unspecified atom stereocenters. The number of fused-ring (bicyclic) bond motifs is 2. The number of piperidine rings is 1. The summed E-state index contributed by atoms with van der Waals surface area (Å²) in [5.41, 5.74) is 0.894. The Morgan fingerprint density at radius 1 is 1.04 bits per heavy atom. The van der Waals surface area contributed by atoms with Crippen LogP contribution < -0.4 is 0 Å². The van der Waals surface area contributed by atoms with E-state index >= 15 is 0 Å². The number of hydrogen-bond donors (Lipinski definition) is 0. The Kier molecular flexibility index (Phi) is 3.97. The van der Waals surface area contributed by atoms with E-state index in [0.29, 0.717) is 0 Å². The summed E-state index contributed by atoms with van der Waals surface area (Å²) in [7, 11) is -3.40. The molecule has 2 fully saturated rings. The molecule has 7 heteroatoms. The molecule has 0 amide bonds. The van der Waals surface area contributed by atoms with Crippen molar-refractivity contribution in [1.82, 2.24) is 19.1 Å². The average molecular weight is 344 g/mol. The van der Waals surface area contributed by atoms with Crippen molar-refractivity contribution >= 4 is 16.1 Å². The van der Waals surface area contributed by atoms with Crippen molar-refractivity contribution in [3.8, 4) is 0 Å². The van der Waals surface area contributed by atoms with Gasteiger partial charge in [0.15, 0.2) is 0 Å². The van der Waals surface area contributed by atoms with Crippen molar-refractivity contribution in [3.63, 3.8) is 0 Å². The normalized spacial score (nSPS) is 27.8. The zero-order valence-electron chi connectivity index (χ0n) is 13.3. The van der Waals surface area contributed by atoms with Gasteiger partial charge in [-0.15, -0.1) is 0 Å². The predicted octanol–water partition coefficient (Wildman–Crippen LogP) is 2.45. The molecule has 0 N–H and O–H groups in total. The largest absolute Gasteiger partial charge is 0.250 e. The summed E-state index contributed by atoms with van der Waals surface area (Å²) in [6.07, 6.45) is 8.40. The van der Waals surface area contributed by atoms with Gasteiger partial charge in [0.2, 0.25) is 10.0 Å². The van der Waals surface area contributed by atoms with E-state index in [1.807, 2.05) is 35.0 Å². The molecule has 2 atom stereocenters. The van der Waals surface area contributed by atoms with Crippen LogP contribution in [-0.2, 0) is 10.0 Å². The van der Waals surface area contributed by atoms with E-state index in [1.165, 1.54) is 11.7 Å². The number of sulfonamides is 1. The van der Waals surface area contributed by atoms with E-state index in [1.54, 1.807) is 16.7 Å². The van der Waals surface area contributed by atoms with E-state index in [4.69, 9.17) is 0 Å². The van der Waals surface area contributed by atoms with Gasteiger partial charge in [0.05, 0.1) is 6.04 Å². The molecule has 6 nitrogen and oxygen atoms in total. The maximum Gasteiger partial charge on any atom is 0.236 e. The summed E-state index contributed by atoms with van der Waals surface area (Å²) in [5, 5.41) is 5.57. The molecule has 2 aromatic rings. The molecule has 3 heterocycles. The lowest BCUT2D eigenvalue weighted by molar-refractivity contribution is 0.186. The van der Waals surface area contributed by atoms with Gasteiger partial charge in [0, 0.05) is 17.5 Å². The van der Waals surface area contributed by atoms with Crippen molar-refractivity contribution < 1.29 is 8.42 Å². The molecule has 126 valence electrons. The first-order valence-corrected chi connectivity index (χ1v) is 9.74. The lowest BCUT2D eigenvalue weighted by Gasteiger charge is -2.37. The van der Waals surface area contributed by atoms with Crippen LogP contribution in [0.3, 0.4) is 0 Å². The van der Waals surface area contributed by atoms with Crippen molar-refractivity contribution in [2.45, 2.75) is 43.8 Å². The molecule has 0 aliphatic carbocycles. The monoisotopic (exact) mass is 344 g/mol. The third kappa shape index (κ3) is 2.89. The second kappa shape index (κ2) is 6.14. The number of rotatable bonds is 4. The SMILES string of the molecule is O=S(=O)(C=Cc1ccccc1)N1C2CCC1CC(n1cncn1)C2. The fourth-order valence-corrected chi connectivity index (χ4v) is 5.63. The molecule has 0 spiro atoms. The zero-order valence-corrected chi connectivity index (χ0v) is 14.1. The number of benzene rings is 1. The third-order valence-electron chi connectivity index (χ3n) is 4.98. The van der Waals surface area contributed by atoms with Crippen LogP contribution in [-0.4, -0.2) is 39.6 Å². The molecule has 2 aliphatic rings. The van der Waals surface area contributed by atoms with E-state index in [0.717, 1.165) is 31.2 Å². The zero-order chi connectivity index (χ0) is 16.6. The lowest BCUT2D eigenvalue weighted by atomic mass is 10.0. The summed E-state index contributed by atoms with van der Waals surface area (Å²) in [6, 6.07) is 9.89. The van der Waals surface area contributed by atoms with Crippen molar-refractivity contribution in [2.75, 3.05) is 0 Å². The van der Waals surface area contributed by atoms with Gasteiger partial charge in [-0.05, 0) is 37.3 Å². The highest BCUT2D eigenvalue weighted by Gasteiger charge is 2.46. The van der Waals surface area contributed by atoms with Crippen LogP contribution in [0.5, 0.6) is 0 Å². The number of aromatic nitrogens is 3. The molecule has 1 aromatic carbocycles. The topological polar surface area (TPSA) is 68.1 Å². The predicted molar refractivity (Wildman–Crippen MR) is 91.3 cm³/mol. The molecule has 0 radical (unpaired) electrons. The molecular weight excluding hydrogens is 324 g/mol. The summed E-state index contributed by atoms with van der Waals surface area (Å²) in [6.45, 7) is 0. The van der Waals surface area contributed by atoms with Crippen molar-refractivity contribution in [3.05, 3.63) is 54.0 Å². The van der Waals surface area contributed by atoms with Gasteiger partial charge in [0.25, 0.3) is 0 Å². The van der Waals surface area contributed by atoms with Gasteiger partial charge >= 0.3 is 0 Å². The van der Waals surface area contributed by atoms with E-state index < -0.39 is 10.0 Å². The fourth-order valence-electron chi connectivity index (χ4n) is 3.94. The van der Waals surface area contributed by atoms with Gasteiger partial charge < -0.3 is 0 Å². The molecule has 2 saturated heterocycles. The Morgan fingerprint density at radius 2 is 1.75 bits per heavy atom. The van der Waals surface area contributed by atoms with Crippen LogP contribution in [0.1, 0.15) is 37.3 Å². The quantitative estimate of drug-likeness (QED) is 0.854. The molecule has 2 bridgehead atoms. The minimum absolute atomic E-state index is 0.0587. The van der Waals surface area contributed by atoms with Crippen molar-refractivity contribution in [2.24, 2.45) is 0 Å². The van der Waals surface area contributed by atoms with E-state index in [-0.39, 0.29) is 18.1 Å². The van der Waals surface area contributed by atoms with E-state index in [2.05, 4.69) is 10.1 Å². The van der Waals surface area contributed by atoms with Crippen LogP contribution >= 0.6 is 0 Å². The number of hydrogen-bond acceptors (Lipinski definition) is 4. The smallest absolute Gasteiger partial charge is 0.236 e. The highest BCUT2D eigenvalue weighted by Crippen LogP contribution is 2.42. The maximum atomic E-state index is 12.8. The van der Waals surface area contributed by atoms with Crippen molar-refractivity contribution in [1.29, 1.82) is 0 Å². The van der Waals surface area contributed by atoms with Gasteiger partial charge in [-0.3, -0.25) is 0 Å². The highest BCUT2D eigenvalue weighted by molar-refractivity contribution is 7.92. The summed E-state index contributed by atoms with van der Waals surface area (Å²) in [4.78, 5) is 4.01. The average Bonchev–Trinajstić information content (AvgIpc) is 3.21. The second-order valence-electron chi connectivity index (χ2n) is 6.47. The molecule has 1 aromatic heterocycles. The Hall–Kier alpha value is -1.99. The van der Waals surface area contributed by atoms with Gasteiger partial charge in [0.1, 0.15) is 12.7 Å². The first kappa shape index (κ1) is 15.5. The standard InChI is InChI=1S/C17H20N4O2S/c22-24(23,9-8-14-4-2-1-3-5-14)21-15-6-7-16(21)11-17(10-15)20-13-18-12-19-20/h1-5,8-9,12-13,15-17H,6-7,10-11H2. The minimum atomic E-state index is -3.40. The molecule has 0 saturated carbocycles. The summed E-state index contributed by atoms with van der Waals surface area (Å²) >= 11 is 0. The third-order valence-corrected chi connectivity index (χ3v) is 6.64. The minimum Gasteiger partial charge on any atom is -0.250 e. The molecule has 2 aliphatic heterocycles. The summed E-state index contributed by atoms with van der Waals surface area (Å²) < 4.78 is 29.2. The van der Waals surface area contributed by atoms with Crippen LogP contribution in [0.4, 0.5) is 0 Å². The van der Waals surface area contributed by atoms with Gasteiger partial charge in [-0.1, -0.05) is 30.3 Å². The van der Waals surface area contributed by atoms with Crippen LogP contribution in [0.25, 0.3) is 6.08 Å². The Morgan fingerprint density at radius 3 is 2.38 bits per heavy atom. The highest BCUT2D eigenvalue weighted by atomic mass is 32.2. The molecule has 4 rings (SSSR count). The maximum absolute atomic E-state index is 12.8. The first-order chi connectivity index (χ1) is 11.6. The van der Waals surface area contributed by atoms with E-state index in [9.17, 15) is 8.42 Å². The Labute approximate surface area is 141 Å². The fraction of sp³-hybridized carbons (Fsp3) is 0.412. The van der Waals surface area contributed by atoms with Crippen LogP contribution in [0.15, 0.2) is 48.4 Å². The van der Waals surface area contributed by atoms with Gasteiger partial charge in [-0.25, -0.2) is 18.1 Å². The summed E-state index contributed by atoms with van der Waals surface area (Å²) in [5.74, 6) is 0. The number of nitrogens with zero attached hydrogens (tertiary/aromatic N) is 4. The van der Waals surface area contributed by atoms with Crippen LogP contribution in [0, 0.1) is 0 Å². The molecule has 24 heavy (non-hydrogen) atoms. The molecular formula is C17H20N4O2S. The first-order valence-electron chi connectivity index (χ1n) is 8.24. The van der Waals surface area contributed by atoms with Crippen LogP contribution in [0.2, 0.25) is 0 Å². The second-order valence-corrected chi connectivity index (χ2v) is 8.20. The van der Waals surface area contributed by atoms with Gasteiger partial charge in [-0.2, -0.15) is 9.40 Å². The Bertz CT molecular complexity index is 804.